The molecule has 0 atom stereocenters. The van der Waals surface area contributed by atoms with E-state index in [0.717, 1.165) is 12.8 Å². The van der Waals surface area contributed by atoms with Crippen LogP contribution in [0, 0.1) is 11.7 Å². The first-order chi connectivity index (χ1) is 9.63. The van der Waals surface area contributed by atoms with Gasteiger partial charge in [0, 0.05) is 13.1 Å². The van der Waals surface area contributed by atoms with E-state index < -0.39 is 6.09 Å². The molecule has 0 bridgehead atoms. The molecule has 0 saturated carbocycles. The van der Waals surface area contributed by atoms with Crippen LogP contribution in [0.25, 0.3) is 10.9 Å². The monoisotopic (exact) mass is 277 g/mol. The second-order valence-electron chi connectivity index (χ2n) is 5.26. The van der Waals surface area contributed by atoms with Crippen LogP contribution in [0.15, 0.2) is 18.2 Å². The molecule has 20 heavy (non-hydrogen) atoms. The zero-order chi connectivity index (χ0) is 14.1. The number of carbonyl (C=O) groups is 1. The fourth-order valence-corrected chi connectivity index (χ4v) is 2.38. The zero-order valence-electron chi connectivity index (χ0n) is 11.2. The molecule has 1 aromatic carbocycles. The number of likely N-dealkylation sites (tertiary alicyclic amines) is 1. The van der Waals surface area contributed by atoms with Gasteiger partial charge in [0.15, 0.2) is 0 Å². The molecule has 3 rings (SSSR count). The first kappa shape index (κ1) is 12.9. The Morgan fingerprint density at radius 2 is 2.20 bits per heavy atom. The van der Waals surface area contributed by atoms with E-state index in [1.807, 2.05) is 0 Å². The van der Waals surface area contributed by atoms with Crippen molar-refractivity contribution in [2.45, 2.75) is 19.8 Å². The molecule has 1 N–H and O–H groups in total. The fourth-order valence-electron chi connectivity index (χ4n) is 2.38. The van der Waals surface area contributed by atoms with Crippen LogP contribution >= 0.6 is 0 Å². The highest BCUT2D eigenvalue weighted by molar-refractivity contribution is 5.86. The SMILES string of the molecule is CC1CCN(C(=O)Oc2n[nH]c3ccc(F)cc23)CC1. The third-order valence-corrected chi connectivity index (χ3v) is 3.72. The van der Waals surface area contributed by atoms with Crippen molar-refractivity contribution in [2.24, 2.45) is 5.92 Å². The topological polar surface area (TPSA) is 58.2 Å². The quantitative estimate of drug-likeness (QED) is 0.871. The number of benzene rings is 1. The fraction of sp³-hybridized carbons (Fsp3) is 0.429. The molecule has 2 heterocycles. The number of rotatable bonds is 1. The molecule has 5 nitrogen and oxygen atoms in total. The predicted octanol–water partition coefficient (Wildman–Crippen LogP) is 2.93. The third kappa shape index (κ3) is 2.45. The summed E-state index contributed by atoms with van der Waals surface area (Å²) in [5.41, 5.74) is 0.640. The Morgan fingerprint density at radius 3 is 2.95 bits per heavy atom. The molecule has 1 aliphatic heterocycles. The summed E-state index contributed by atoms with van der Waals surface area (Å²) in [6.07, 6.45) is 1.53. The van der Waals surface area contributed by atoms with Crippen LogP contribution in [0.5, 0.6) is 5.88 Å². The largest absolute Gasteiger partial charge is 0.416 e. The van der Waals surface area contributed by atoms with Gasteiger partial charge in [0.25, 0.3) is 5.88 Å². The molecule has 1 amide bonds. The van der Waals surface area contributed by atoms with Crippen LogP contribution in [0.2, 0.25) is 0 Å². The minimum Gasteiger partial charge on any atom is -0.389 e. The summed E-state index contributed by atoms with van der Waals surface area (Å²) < 4.78 is 18.5. The minimum atomic E-state index is -0.422. The van der Waals surface area contributed by atoms with E-state index >= 15 is 0 Å². The van der Waals surface area contributed by atoms with E-state index in [1.54, 1.807) is 11.0 Å². The van der Waals surface area contributed by atoms with Crippen LogP contribution in [0.4, 0.5) is 9.18 Å². The number of halogens is 1. The highest BCUT2D eigenvalue weighted by Crippen LogP contribution is 2.24. The van der Waals surface area contributed by atoms with E-state index in [9.17, 15) is 9.18 Å². The summed E-state index contributed by atoms with van der Waals surface area (Å²) in [6.45, 7) is 3.56. The van der Waals surface area contributed by atoms with E-state index in [1.165, 1.54) is 12.1 Å². The molecular formula is C14H16FN3O2. The van der Waals surface area contributed by atoms with Crippen molar-refractivity contribution in [3.63, 3.8) is 0 Å². The van der Waals surface area contributed by atoms with Crippen molar-refractivity contribution in [2.75, 3.05) is 13.1 Å². The number of aromatic amines is 1. The average Bonchev–Trinajstić information content (AvgIpc) is 2.82. The van der Waals surface area contributed by atoms with Gasteiger partial charge in [-0.05, 0) is 37.0 Å². The highest BCUT2D eigenvalue weighted by Gasteiger charge is 2.23. The molecule has 1 aromatic heterocycles. The number of ether oxygens (including phenoxy) is 1. The molecular weight excluding hydrogens is 261 g/mol. The summed E-state index contributed by atoms with van der Waals surface area (Å²) in [5.74, 6) is 0.380. The van der Waals surface area contributed by atoms with Crippen LogP contribution in [-0.2, 0) is 0 Å². The van der Waals surface area contributed by atoms with Gasteiger partial charge in [-0.15, -0.1) is 5.10 Å². The van der Waals surface area contributed by atoms with Gasteiger partial charge in [-0.25, -0.2) is 9.18 Å². The molecule has 0 radical (unpaired) electrons. The molecule has 0 spiro atoms. The molecule has 1 aliphatic rings. The first-order valence-electron chi connectivity index (χ1n) is 6.74. The van der Waals surface area contributed by atoms with E-state index in [-0.39, 0.29) is 11.7 Å². The second kappa shape index (κ2) is 5.11. The molecule has 2 aromatic rings. The Balaban J connectivity index is 1.76. The van der Waals surface area contributed by atoms with Crippen molar-refractivity contribution < 1.29 is 13.9 Å². The van der Waals surface area contributed by atoms with Crippen molar-refractivity contribution in [1.82, 2.24) is 15.1 Å². The van der Waals surface area contributed by atoms with Crippen LogP contribution in [-0.4, -0.2) is 34.3 Å². The molecule has 6 heteroatoms. The van der Waals surface area contributed by atoms with Gasteiger partial charge in [-0.3, -0.25) is 5.10 Å². The maximum absolute atomic E-state index is 13.2. The molecule has 1 fully saturated rings. The summed E-state index contributed by atoms with van der Waals surface area (Å²) in [6, 6.07) is 4.20. The van der Waals surface area contributed by atoms with E-state index in [2.05, 4.69) is 17.1 Å². The van der Waals surface area contributed by atoms with E-state index in [4.69, 9.17) is 4.74 Å². The first-order valence-corrected chi connectivity index (χ1v) is 6.74. The van der Waals surface area contributed by atoms with Crippen LogP contribution in [0.1, 0.15) is 19.8 Å². The number of H-pyrrole nitrogens is 1. The Morgan fingerprint density at radius 1 is 1.45 bits per heavy atom. The zero-order valence-corrected chi connectivity index (χ0v) is 11.2. The lowest BCUT2D eigenvalue weighted by Crippen LogP contribution is -2.39. The van der Waals surface area contributed by atoms with Crippen molar-refractivity contribution in [1.29, 1.82) is 0 Å². The summed E-state index contributed by atoms with van der Waals surface area (Å²) in [4.78, 5) is 13.7. The number of hydrogen-bond donors (Lipinski definition) is 1. The Hall–Kier alpha value is -2.11. The van der Waals surface area contributed by atoms with E-state index in [0.29, 0.717) is 29.9 Å². The Labute approximate surface area is 115 Å². The van der Waals surface area contributed by atoms with Crippen molar-refractivity contribution in [3.8, 4) is 5.88 Å². The molecule has 0 unspecified atom stereocenters. The van der Waals surface area contributed by atoms with Gasteiger partial charge in [-0.2, -0.15) is 0 Å². The smallest absolute Gasteiger partial charge is 0.389 e. The molecule has 0 aliphatic carbocycles. The lowest BCUT2D eigenvalue weighted by molar-refractivity contribution is 0.132. The van der Waals surface area contributed by atoms with Gasteiger partial charge in [0.05, 0.1) is 10.9 Å². The second-order valence-corrected chi connectivity index (χ2v) is 5.26. The maximum atomic E-state index is 13.2. The van der Waals surface area contributed by atoms with Gasteiger partial charge >= 0.3 is 6.09 Å². The lowest BCUT2D eigenvalue weighted by atomic mass is 10.00. The standard InChI is InChI=1S/C14H16FN3O2/c1-9-4-6-18(7-5-9)14(19)20-13-11-8-10(15)2-3-12(11)16-17-13/h2-3,8-9H,4-7H2,1H3,(H,16,17). The third-order valence-electron chi connectivity index (χ3n) is 3.72. The number of piperidine rings is 1. The lowest BCUT2D eigenvalue weighted by Gasteiger charge is -2.28. The van der Waals surface area contributed by atoms with Crippen molar-refractivity contribution >= 4 is 17.0 Å². The van der Waals surface area contributed by atoms with Gasteiger partial charge < -0.3 is 9.64 Å². The average molecular weight is 277 g/mol. The Bertz CT molecular complexity index is 632. The molecule has 106 valence electrons. The number of fused-ring (bicyclic) bond motifs is 1. The van der Waals surface area contributed by atoms with Crippen LogP contribution in [0.3, 0.4) is 0 Å². The number of nitrogens with zero attached hydrogens (tertiary/aromatic N) is 2. The maximum Gasteiger partial charge on any atom is 0.416 e. The van der Waals surface area contributed by atoms with Crippen molar-refractivity contribution in [3.05, 3.63) is 24.0 Å². The predicted molar refractivity (Wildman–Crippen MR) is 72.0 cm³/mol. The van der Waals surface area contributed by atoms with Gasteiger partial charge in [0.2, 0.25) is 0 Å². The number of hydrogen-bond acceptors (Lipinski definition) is 3. The highest BCUT2D eigenvalue weighted by atomic mass is 19.1. The van der Waals surface area contributed by atoms with Gasteiger partial charge in [-0.1, -0.05) is 6.92 Å². The number of amides is 1. The minimum absolute atomic E-state index is 0.128. The van der Waals surface area contributed by atoms with Gasteiger partial charge in [0.1, 0.15) is 5.82 Å². The Kier molecular flexibility index (Phi) is 3.30. The molecule has 1 saturated heterocycles. The summed E-state index contributed by atoms with van der Waals surface area (Å²) in [5, 5.41) is 7.12. The van der Waals surface area contributed by atoms with Crippen LogP contribution < -0.4 is 4.74 Å². The summed E-state index contributed by atoms with van der Waals surface area (Å²) in [7, 11) is 0. The summed E-state index contributed by atoms with van der Waals surface area (Å²) >= 11 is 0. The normalized spacial score (nSPS) is 16.6. The number of aromatic nitrogens is 2. The number of nitrogens with one attached hydrogen (secondary N) is 1. The number of carbonyl (C=O) groups excluding carboxylic acids is 1.